The molecule has 0 aromatic heterocycles. The summed E-state index contributed by atoms with van der Waals surface area (Å²) in [5.41, 5.74) is 1.59. The normalized spacial score (nSPS) is 18.2. The van der Waals surface area contributed by atoms with E-state index in [1.54, 1.807) is 13.2 Å². The van der Waals surface area contributed by atoms with Gasteiger partial charge in [0.1, 0.15) is 5.92 Å². The van der Waals surface area contributed by atoms with Crippen molar-refractivity contribution in [3.05, 3.63) is 29.8 Å². The molecule has 0 aliphatic carbocycles. The summed E-state index contributed by atoms with van der Waals surface area (Å²) in [6.45, 7) is 2.77. The van der Waals surface area contributed by atoms with Crippen molar-refractivity contribution in [2.24, 2.45) is 0 Å². The van der Waals surface area contributed by atoms with Gasteiger partial charge in [-0.2, -0.15) is 0 Å². The van der Waals surface area contributed by atoms with Gasteiger partial charge in [0.2, 0.25) is 5.91 Å². The molecule has 2 atom stereocenters. The Hall–Kier alpha value is -2.08. The number of anilines is 1. The zero-order valence-electron chi connectivity index (χ0n) is 12.2. The van der Waals surface area contributed by atoms with Crippen LogP contribution in [0.3, 0.4) is 0 Å². The Morgan fingerprint density at radius 1 is 1.48 bits per heavy atom. The molecule has 1 aliphatic heterocycles. The van der Waals surface area contributed by atoms with Crippen molar-refractivity contribution >= 4 is 17.6 Å². The van der Waals surface area contributed by atoms with E-state index in [2.05, 4.69) is 5.32 Å². The molecular formula is C15H20N2O4. The molecule has 2 unspecified atom stereocenters. The fourth-order valence-electron chi connectivity index (χ4n) is 2.63. The number of nitrogens with zero attached hydrogens (tertiary/aromatic N) is 1. The van der Waals surface area contributed by atoms with Crippen LogP contribution in [0.2, 0.25) is 0 Å². The van der Waals surface area contributed by atoms with E-state index in [9.17, 15) is 14.7 Å². The number of nitrogens with one attached hydrogen (secondary N) is 1. The number of amides is 1. The maximum absolute atomic E-state index is 12.0. The number of para-hydroxylation sites is 1. The largest absolute Gasteiger partial charge is 0.481 e. The van der Waals surface area contributed by atoms with Crippen molar-refractivity contribution in [1.29, 1.82) is 0 Å². The lowest BCUT2D eigenvalue weighted by Gasteiger charge is -2.20. The number of benzene rings is 1. The molecule has 1 aromatic rings. The Kier molecular flexibility index (Phi) is 4.80. The van der Waals surface area contributed by atoms with Crippen LogP contribution >= 0.6 is 0 Å². The third-order valence-electron chi connectivity index (χ3n) is 3.51. The first kappa shape index (κ1) is 15.3. The molecule has 0 saturated heterocycles. The zero-order chi connectivity index (χ0) is 15.4. The molecule has 1 aliphatic rings. The summed E-state index contributed by atoms with van der Waals surface area (Å²) in [6, 6.07) is 7.25. The predicted molar refractivity (Wildman–Crippen MR) is 78.5 cm³/mol. The van der Waals surface area contributed by atoms with Crippen LogP contribution in [0.25, 0.3) is 0 Å². The van der Waals surface area contributed by atoms with Gasteiger partial charge >= 0.3 is 5.97 Å². The Labute approximate surface area is 123 Å². The van der Waals surface area contributed by atoms with Gasteiger partial charge in [0.25, 0.3) is 0 Å². The van der Waals surface area contributed by atoms with Crippen LogP contribution in [-0.4, -0.2) is 49.8 Å². The fraction of sp³-hybridized carbons (Fsp3) is 0.467. The minimum atomic E-state index is -0.863. The van der Waals surface area contributed by atoms with E-state index >= 15 is 0 Å². The topological polar surface area (TPSA) is 78.9 Å². The molecule has 6 nitrogen and oxygen atoms in total. The van der Waals surface area contributed by atoms with E-state index in [-0.39, 0.29) is 18.5 Å². The van der Waals surface area contributed by atoms with Crippen LogP contribution < -0.4 is 10.2 Å². The SMILES string of the molecule is COCC(C)NC(=O)CN1CC(C(=O)O)c2ccccc21. The van der Waals surface area contributed by atoms with Crippen molar-refractivity contribution in [3.8, 4) is 0 Å². The molecule has 6 heteroatoms. The minimum Gasteiger partial charge on any atom is -0.481 e. The van der Waals surface area contributed by atoms with Crippen LogP contribution in [-0.2, 0) is 14.3 Å². The lowest BCUT2D eigenvalue weighted by atomic mass is 10.0. The first-order valence-electron chi connectivity index (χ1n) is 6.88. The predicted octanol–water partition coefficient (Wildman–Crippen LogP) is 0.826. The smallest absolute Gasteiger partial charge is 0.312 e. The summed E-state index contributed by atoms with van der Waals surface area (Å²) in [6.07, 6.45) is 0. The Morgan fingerprint density at radius 2 is 2.19 bits per heavy atom. The Morgan fingerprint density at radius 3 is 2.86 bits per heavy atom. The lowest BCUT2D eigenvalue weighted by Crippen LogP contribution is -2.42. The average molecular weight is 292 g/mol. The van der Waals surface area contributed by atoms with Gasteiger partial charge in [-0.15, -0.1) is 0 Å². The summed E-state index contributed by atoms with van der Waals surface area (Å²) >= 11 is 0. The third-order valence-corrected chi connectivity index (χ3v) is 3.51. The third kappa shape index (κ3) is 3.52. The molecular weight excluding hydrogens is 272 g/mol. The number of methoxy groups -OCH3 is 1. The number of aliphatic carboxylic acids is 1. The van der Waals surface area contributed by atoms with Crippen LogP contribution in [0.4, 0.5) is 5.69 Å². The average Bonchev–Trinajstić information content (AvgIpc) is 2.78. The van der Waals surface area contributed by atoms with E-state index in [4.69, 9.17) is 4.74 Å². The van der Waals surface area contributed by atoms with Crippen molar-refractivity contribution in [3.63, 3.8) is 0 Å². The number of carbonyl (C=O) groups excluding carboxylic acids is 1. The summed E-state index contributed by atoms with van der Waals surface area (Å²) in [5, 5.41) is 12.1. The number of fused-ring (bicyclic) bond motifs is 1. The highest BCUT2D eigenvalue weighted by Crippen LogP contribution is 2.35. The van der Waals surface area contributed by atoms with Crippen LogP contribution in [0, 0.1) is 0 Å². The maximum Gasteiger partial charge on any atom is 0.312 e. The molecule has 2 rings (SSSR count). The molecule has 21 heavy (non-hydrogen) atoms. The van der Waals surface area contributed by atoms with E-state index in [1.807, 2.05) is 30.0 Å². The molecule has 114 valence electrons. The van der Waals surface area contributed by atoms with E-state index in [0.717, 1.165) is 11.3 Å². The van der Waals surface area contributed by atoms with Crippen molar-refractivity contribution in [2.75, 3.05) is 31.7 Å². The fourth-order valence-corrected chi connectivity index (χ4v) is 2.63. The first-order valence-corrected chi connectivity index (χ1v) is 6.88. The monoisotopic (exact) mass is 292 g/mol. The zero-order valence-corrected chi connectivity index (χ0v) is 12.2. The van der Waals surface area contributed by atoms with Crippen molar-refractivity contribution in [2.45, 2.75) is 18.9 Å². The van der Waals surface area contributed by atoms with E-state index in [1.165, 1.54) is 0 Å². The maximum atomic E-state index is 12.0. The first-order chi connectivity index (χ1) is 10.0. The van der Waals surface area contributed by atoms with Crippen LogP contribution in [0.15, 0.2) is 24.3 Å². The Balaban J connectivity index is 2.05. The molecule has 0 saturated carbocycles. The van der Waals surface area contributed by atoms with Gasteiger partial charge in [-0.1, -0.05) is 18.2 Å². The number of ether oxygens (including phenoxy) is 1. The summed E-state index contributed by atoms with van der Waals surface area (Å²) < 4.78 is 4.97. The molecule has 1 aromatic carbocycles. The highest BCUT2D eigenvalue weighted by Gasteiger charge is 2.34. The molecule has 0 radical (unpaired) electrons. The summed E-state index contributed by atoms with van der Waals surface area (Å²) in [5.74, 6) is -1.58. The van der Waals surface area contributed by atoms with E-state index < -0.39 is 11.9 Å². The highest BCUT2D eigenvalue weighted by molar-refractivity contribution is 5.87. The Bertz CT molecular complexity index is 532. The number of rotatable bonds is 6. The second kappa shape index (κ2) is 6.58. The number of hydrogen-bond donors (Lipinski definition) is 2. The molecule has 1 heterocycles. The van der Waals surface area contributed by atoms with Crippen molar-refractivity contribution < 1.29 is 19.4 Å². The minimum absolute atomic E-state index is 0.0735. The van der Waals surface area contributed by atoms with Crippen LogP contribution in [0.5, 0.6) is 0 Å². The van der Waals surface area contributed by atoms with Gasteiger partial charge in [0, 0.05) is 25.4 Å². The van der Waals surface area contributed by atoms with Crippen molar-refractivity contribution in [1.82, 2.24) is 5.32 Å². The van der Waals surface area contributed by atoms with Crippen LogP contribution in [0.1, 0.15) is 18.4 Å². The van der Waals surface area contributed by atoms with Gasteiger partial charge in [-0.05, 0) is 18.6 Å². The molecule has 0 bridgehead atoms. The number of carbonyl (C=O) groups is 2. The highest BCUT2D eigenvalue weighted by atomic mass is 16.5. The van der Waals surface area contributed by atoms with Gasteiger partial charge in [-0.3, -0.25) is 9.59 Å². The van der Waals surface area contributed by atoms with E-state index in [0.29, 0.717) is 13.2 Å². The van der Waals surface area contributed by atoms with Gasteiger partial charge in [0.05, 0.1) is 13.2 Å². The standard InChI is InChI=1S/C15H20N2O4/c1-10(9-21-2)16-14(18)8-17-7-12(15(19)20)11-5-3-4-6-13(11)17/h3-6,10,12H,7-9H2,1-2H3,(H,16,18)(H,19,20). The number of carboxylic acids is 1. The number of hydrogen-bond acceptors (Lipinski definition) is 4. The molecule has 1 amide bonds. The van der Waals surface area contributed by atoms with Gasteiger partial charge in [-0.25, -0.2) is 0 Å². The molecule has 2 N–H and O–H groups in total. The molecule has 0 fully saturated rings. The summed E-state index contributed by atoms with van der Waals surface area (Å²) in [7, 11) is 1.58. The summed E-state index contributed by atoms with van der Waals surface area (Å²) in [4.78, 5) is 25.1. The molecule has 0 spiro atoms. The van der Waals surface area contributed by atoms with Gasteiger partial charge in [0.15, 0.2) is 0 Å². The second-order valence-corrected chi connectivity index (χ2v) is 5.25. The lowest BCUT2D eigenvalue weighted by molar-refractivity contribution is -0.138. The quantitative estimate of drug-likeness (QED) is 0.812. The second-order valence-electron chi connectivity index (χ2n) is 5.25. The van der Waals surface area contributed by atoms with Gasteiger partial charge < -0.3 is 20.1 Å². The number of carboxylic acid groups (broad SMARTS) is 1.